The zero-order valence-electron chi connectivity index (χ0n) is 22.9. The molecule has 0 saturated carbocycles. The Balaban J connectivity index is 1.61. The molecule has 0 bridgehead atoms. The number of nitrogens with zero attached hydrogens (tertiary/aromatic N) is 3. The third kappa shape index (κ3) is 9.31. The first-order chi connectivity index (χ1) is 18.8. The van der Waals surface area contributed by atoms with Crippen LogP contribution in [0.25, 0.3) is 0 Å². The average Bonchev–Trinajstić information content (AvgIpc) is 2.95. The van der Waals surface area contributed by atoms with Crippen LogP contribution < -0.4 is 15.5 Å². The molecule has 0 unspecified atom stereocenters. The molecule has 0 aliphatic carbocycles. The van der Waals surface area contributed by atoms with E-state index in [4.69, 9.17) is 4.74 Å². The van der Waals surface area contributed by atoms with Crippen LogP contribution in [0.2, 0.25) is 0 Å². The van der Waals surface area contributed by atoms with Gasteiger partial charge in [0.15, 0.2) is 0 Å². The van der Waals surface area contributed by atoms with Crippen molar-refractivity contribution in [1.29, 1.82) is 0 Å². The minimum absolute atomic E-state index is 0.288. The van der Waals surface area contributed by atoms with Gasteiger partial charge in [-0.25, -0.2) is 5.43 Å². The van der Waals surface area contributed by atoms with E-state index >= 15 is 0 Å². The molecule has 0 atom stereocenters. The summed E-state index contributed by atoms with van der Waals surface area (Å²) >= 11 is 3.40. The maximum absolute atomic E-state index is 13.0. The molecule has 0 spiro atoms. The number of likely N-dealkylation sites (N-methyl/N-ethyl adjacent to an activating group) is 2. The van der Waals surface area contributed by atoms with Crippen molar-refractivity contribution in [2.75, 3.05) is 45.7 Å². The van der Waals surface area contributed by atoms with Gasteiger partial charge < -0.3 is 19.9 Å². The SMILES string of the molecule is CCN(CC)CCN(C)Cc1ccc(C(=O)Nc2ccc(Br)cc2C(=O)N/N=C/c2ccc(OC)cc2)cc1. The van der Waals surface area contributed by atoms with E-state index in [2.05, 4.69) is 62.5 Å². The smallest absolute Gasteiger partial charge is 0.273 e. The van der Waals surface area contributed by atoms with Gasteiger partial charge >= 0.3 is 0 Å². The lowest BCUT2D eigenvalue weighted by Crippen LogP contribution is -2.32. The van der Waals surface area contributed by atoms with E-state index in [0.29, 0.717) is 15.7 Å². The second kappa shape index (κ2) is 15.2. The zero-order chi connectivity index (χ0) is 28.2. The number of hydrazone groups is 1. The Hall–Kier alpha value is -3.53. The van der Waals surface area contributed by atoms with Crippen molar-refractivity contribution in [2.45, 2.75) is 20.4 Å². The van der Waals surface area contributed by atoms with Gasteiger partial charge in [0, 0.05) is 29.7 Å². The van der Waals surface area contributed by atoms with Crippen LogP contribution in [-0.4, -0.2) is 68.2 Å². The summed E-state index contributed by atoms with van der Waals surface area (Å²) in [6.07, 6.45) is 1.54. The van der Waals surface area contributed by atoms with E-state index < -0.39 is 5.91 Å². The predicted octanol–water partition coefficient (Wildman–Crippen LogP) is 5.25. The lowest BCUT2D eigenvalue weighted by molar-refractivity contribution is 0.0956. The van der Waals surface area contributed by atoms with Crippen LogP contribution in [0, 0.1) is 0 Å². The number of anilines is 1. The number of rotatable bonds is 13. The number of halogens is 1. The first-order valence-electron chi connectivity index (χ1n) is 12.9. The summed E-state index contributed by atoms with van der Waals surface area (Å²) in [5.41, 5.74) is 5.65. The van der Waals surface area contributed by atoms with E-state index in [1.807, 2.05) is 36.4 Å². The number of ether oxygens (including phenoxy) is 1. The Labute approximate surface area is 239 Å². The van der Waals surface area contributed by atoms with Crippen LogP contribution in [0.1, 0.15) is 45.7 Å². The summed E-state index contributed by atoms with van der Waals surface area (Å²) in [6, 6.07) is 19.9. The molecule has 0 heterocycles. The average molecular weight is 595 g/mol. The lowest BCUT2D eigenvalue weighted by atomic mass is 10.1. The van der Waals surface area contributed by atoms with Crippen molar-refractivity contribution in [3.8, 4) is 5.75 Å². The van der Waals surface area contributed by atoms with Gasteiger partial charge in [0.25, 0.3) is 11.8 Å². The molecule has 39 heavy (non-hydrogen) atoms. The lowest BCUT2D eigenvalue weighted by Gasteiger charge is -2.23. The van der Waals surface area contributed by atoms with Gasteiger partial charge in [-0.3, -0.25) is 9.59 Å². The molecule has 3 rings (SSSR count). The monoisotopic (exact) mass is 593 g/mol. The van der Waals surface area contributed by atoms with Crippen LogP contribution in [0.3, 0.4) is 0 Å². The Morgan fingerprint density at radius 2 is 1.64 bits per heavy atom. The first kappa shape index (κ1) is 30.0. The van der Waals surface area contributed by atoms with Gasteiger partial charge in [0.2, 0.25) is 0 Å². The van der Waals surface area contributed by atoms with E-state index in [9.17, 15) is 9.59 Å². The van der Waals surface area contributed by atoms with E-state index in [1.165, 1.54) is 6.21 Å². The molecule has 0 radical (unpaired) electrons. The fourth-order valence-electron chi connectivity index (χ4n) is 3.93. The topological polar surface area (TPSA) is 86.3 Å². The number of nitrogens with one attached hydrogen (secondary N) is 2. The van der Waals surface area contributed by atoms with Crippen LogP contribution in [0.4, 0.5) is 5.69 Å². The molecule has 8 nitrogen and oxygen atoms in total. The molecule has 9 heteroatoms. The number of carbonyl (C=O) groups excluding carboxylic acids is 2. The summed E-state index contributed by atoms with van der Waals surface area (Å²) in [6.45, 7) is 9.25. The number of methoxy groups -OCH3 is 1. The Kier molecular flexibility index (Phi) is 11.7. The molecule has 0 saturated heterocycles. The minimum atomic E-state index is -0.445. The maximum Gasteiger partial charge on any atom is 0.273 e. The van der Waals surface area contributed by atoms with Crippen LogP contribution in [0.15, 0.2) is 76.3 Å². The fraction of sp³-hybridized carbons (Fsp3) is 0.300. The van der Waals surface area contributed by atoms with Gasteiger partial charge in [-0.15, -0.1) is 0 Å². The highest BCUT2D eigenvalue weighted by Gasteiger charge is 2.15. The highest BCUT2D eigenvalue weighted by Crippen LogP contribution is 2.22. The molecular formula is C30H36BrN5O3. The van der Waals surface area contributed by atoms with E-state index in [1.54, 1.807) is 37.4 Å². The van der Waals surface area contributed by atoms with Crippen molar-refractivity contribution in [1.82, 2.24) is 15.2 Å². The number of carbonyl (C=O) groups is 2. The van der Waals surface area contributed by atoms with Crippen molar-refractivity contribution in [2.24, 2.45) is 5.10 Å². The van der Waals surface area contributed by atoms with E-state index in [-0.39, 0.29) is 11.5 Å². The summed E-state index contributed by atoms with van der Waals surface area (Å²) < 4.78 is 5.85. The third-order valence-electron chi connectivity index (χ3n) is 6.33. The number of amides is 2. The van der Waals surface area contributed by atoms with Gasteiger partial charge in [0.1, 0.15) is 5.75 Å². The number of hydrogen-bond acceptors (Lipinski definition) is 6. The quantitative estimate of drug-likeness (QED) is 0.209. The predicted molar refractivity (Wildman–Crippen MR) is 161 cm³/mol. The van der Waals surface area contributed by atoms with Crippen LogP contribution >= 0.6 is 15.9 Å². The van der Waals surface area contributed by atoms with Crippen molar-refractivity contribution in [3.05, 3.63) is 93.5 Å². The van der Waals surface area contributed by atoms with Gasteiger partial charge in [-0.2, -0.15) is 5.10 Å². The maximum atomic E-state index is 13.0. The summed E-state index contributed by atoms with van der Waals surface area (Å²) in [4.78, 5) is 30.5. The largest absolute Gasteiger partial charge is 0.497 e. The zero-order valence-corrected chi connectivity index (χ0v) is 24.5. The molecule has 0 aromatic heterocycles. The molecule has 206 valence electrons. The third-order valence-corrected chi connectivity index (χ3v) is 6.82. The van der Waals surface area contributed by atoms with Crippen LogP contribution in [0.5, 0.6) is 5.75 Å². The first-order valence-corrected chi connectivity index (χ1v) is 13.7. The number of benzene rings is 3. The standard InChI is InChI=1S/C30H36BrN5O3/c1-5-36(6-2)18-17-35(3)21-23-7-11-24(12-8-23)29(37)33-28-16-13-25(31)19-27(28)30(38)34-32-20-22-9-14-26(39-4)15-10-22/h7-16,19-20H,5-6,17-18,21H2,1-4H3,(H,33,37)(H,34,38)/b32-20+. The second-order valence-electron chi connectivity index (χ2n) is 9.08. The number of hydrogen-bond donors (Lipinski definition) is 2. The van der Waals surface area contributed by atoms with Crippen molar-refractivity contribution in [3.63, 3.8) is 0 Å². The highest BCUT2D eigenvalue weighted by atomic mass is 79.9. The highest BCUT2D eigenvalue weighted by molar-refractivity contribution is 9.10. The van der Waals surface area contributed by atoms with Crippen LogP contribution in [-0.2, 0) is 6.54 Å². The second-order valence-corrected chi connectivity index (χ2v) is 9.99. The van der Waals surface area contributed by atoms with E-state index in [0.717, 1.165) is 49.6 Å². The molecule has 3 aromatic carbocycles. The van der Waals surface area contributed by atoms with Gasteiger partial charge in [0.05, 0.1) is 24.6 Å². The molecule has 0 fully saturated rings. The Morgan fingerprint density at radius 3 is 2.28 bits per heavy atom. The molecule has 2 N–H and O–H groups in total. The fourth-order valence-corrected chi connectivity index (χ4v) is 4.29. The molecule has 2 amide bonds. The summed E-state index contributed by atoms with van der Waals surface area (Å²) in [7, 11) is 3.70. The normalized spacial score (nSPS) is 11.3. The summed E-state index contributed by atoms with van der Waals surface area (Å²) in [5, 5.41) is 6.91. The van der Waals surface area contributed by atoms with Gasteiger partial charge in [-0.05, 0) is 85.9 Å². The molecule has 3 aromatic rings. The molecule has 0 aliphatic heterocycles. The Bertz CT molecular complexity index is 1260. The minimum Gasteiger partial charge on any atom is -0.497 e. The summed E-state index contributed by atoms with van der Waals surface area (Å²) in [5.74, 6) is -0.00689. The van der Waals surface area contributed by atoms with Crippen molar-refractivity contribution < 1.29 is 14.3 Å². The van der Waals surface area contributed by atoms with Crippen molar-refractivity contribution >= 4 is 39.6 Å². The molecular weight excluding hydrogens is 558 g/mol. The van der Waals surface area contributed by atoms with Gasteiger partial charge in [-0.1, -0.05) is 41.9 Å². The Morgan fingerprint density at radius 1 is 0.949 bits per heavy atom. The molecule has 0 aliphatic rings.